The highest BCUT2D eigenvalue weighted by atomic mass is 16.3. The summed E-state index contributed by atoms with van der Waals surface area (Å²) in [5.41, 5.74) is 9.49. The lowest BCUT2D eigenvalue weighted by molar-refractivity contribution is 0.216. The number of aryl methyl sites for hydroxylation is 2. The third-order valence-corrected chi connectivity index (χ3v) is 6.97. The Hall–Kier alpha value is -4.12. The SMILES string of the molecule is C=Cc1ccc(C(c2ccc(C(O)c3ccc(C)cc3)[nH]2)c2ccc(C(O)c3ccc(C)cc3)[nH]2)cc1. The molecule has 2 heterocycles. The first-order valence-electron chi connectivity index (χ1n) is 12.5. The Balaban J connectivity index is 1.50. The first kappa shape index (κ1) is 24.6. The van der Waals surface area contributed by atoms with E-state index < -0.39 is 12.2 Å². The van der Waals surface area contributed by atoms with E-state index in [4.69, 9.17) is 0 Å². The van der Waals surface area contributed by atoms with Gasteiger partial charge in [0.15, 0.2) is 0 Å². The molecular formula is C33H32N2O2. The Labute approximate surface area is 218 Å². The number of aromatic nitrogens is 2. The average Bonchev–Trinajstić information content (AvgIpc) is 3.60. The third-order valence-electron chi connectivity index (χ3n) is 6.97. The summed E-state index contributed by atoms with van der Waals surface area (Å²) in [6, 6.07) is 32.0. The predicted molar refractivity (Wildman–Crippen MR) is 150 cm³/mol. The van der Waals surface area contributed by atoms with Crippen molar-refractivity contribution in [2.24, 2.45) is 0 Å². The van der Waals surface area contributed by atoms with Crippen LogP contribution in [0, 0.1) is 13.8 Å². The van der Waals surface area contributed by atoms with Gasteiger partial charge in [0.1, 0.15) is 12.2 Å². The van der Waals surface area contributed by atoms with Gasteiger partial charge in [-0.25, -0.2) is 0 Å². The summed E-state index contributed by atoms with van der Waals surface area (Å²) in [5.74, 6) is -0.142. The van der Waals surface area contributed by atoms with Crippen LogP contribution in [0.25, 0.3) is 6.08 Å². The zero-order chi connectivity index (χ0) is 25.9. The van der Waals surface area contributed by atoms with E-state index in [9.17, 15) is 10.2 Å². The zero-order valence-electron chi connectivity index (χ0n) is 21.1. The Morgan fingerprint density at radius 2 is 0.919 bits per heavy atom. The molecule has 0 aliphatic heterocycles. The third kappa shape index (κ3) is 5.21. The summed E-state index contributed by atoms with van der Waals surface area (Å²) in [4.78, 5) is 6.95. The van der Waals surface area contributed by atoms with E-state index in [1.807, 2.05) is 105 Å². The van der Waals surface area contributed by atoms with Crippen molar-refractivity contribution in [2.75, 3.05) is 0 Å². The molecule has 5 aromatic rings. The lowest BCUT2D eigenvalue weighted by atomic mass is 9.92. The number of nitrogens with one attached hydrogen (secondary N) is 2. The lowest BCUT2D eigenvalue weighted by Crippen LogP contribution is -2.07. The standard InChI is InChI=1S/C33H32N2O2/c1-4-23-9-15-24(16-10-23)31(27-17-19-29(34-27)32(36)25-11-5-21(2)6-12-25)28-18-20-30(35-28)33(37)26-13-7-22(3)8-14-26/h4-20,31-37H,1H2,2-3H3. The van der Waals surface area contributed by atoms with Gasteiger partial charge < -0.3 is 20.2 Å². The predicted octanol–water partition coefficient (Wildman–Crippen LogP) is 6.95. The van der Waals surface area contributed by atoms with Gasteiger partial charge in [-0.3, -0.25) is 0 Å². The largest absolute Gasteiger partial charge is 0.382 e. The van der Waals surface area contributed by atoms with Crippen LogP contribution in [0.3, 0.4) is 0 Å². The molecule has 2 aromatic heterocycles. The van der Waals surface area contributed by atoms with Crippen LogP contribution in [0.1, 0.15) is 74.3 Å². The minimum Gasteiger partial charge on any atom is -0.382 e. The number of rotatable bonds is 8. The molecule has 0 radical (unpaired) electrons. The minimum atomic E-state index is -0.749. The van der Waals surface area contributed by atoms with Crippen LogP contribution in [0.15, 0.2) is 104 Å². The highest BCUT2D eigenvalue weighted by Crippen LogP contribution is 2.34. The Morgan fingerprint density at radius 3 is 1.32 bits per heavy atom. The van der Waals surface area contributed by atoms with Crippen LogP contribution in [0.2, 0.25) is 0 Å². The van der Waals surface area contributed by atoms with Crippen molar-refractivity contribution in [1.29, 1.82) is 0 Å². The molecule has 0 aliphatic carbocycles. The van der Waals surface area contributed by atoms with Gasteiger partial charge in [-0.1, -0.05) is 96.6 Å². The quantitative estimate of drug-likeness (QED) is 0.191. The van der Waals surface area contributed by atoms with Crippen molar-refractivity contribution in [3.05, 3.63) is 160 Å². The van der Waals surface area contributed by atoms with E-state index in [1.165, 1.54) is 0 Å². The lowest BCUT2D eigenvalue weighted by Gasteiger charge is -2.17. The van der Waals surface area contributed by atoms with Gasteiger partial charge in [0.2, 0.25) is 0 Å². The number of hydrogen-bond donors (Lipinski definition) is 4. The fourth-order valence-electron chi connectivity index (χ4n) is 4.72. The number of aliphatic hydroxyl groups excluding tert-OH is 2. The van der Waals surface area contributed by atoms with E-state index in [2.05, 4.69) is 28.7 Å². The normalized spacial score (nSPS) is 13.7. The molecule has 5 rings (SSSR count). The number of aliphatic hydroxyl groups is 2. The Bertz CT molecular complexity index is 1390. The molecule has 0 fully saturated rings. The summed E-state index contributed by atoms with van der Waals surface area (Å²) in [6.45, 7) is 7.93. The first-order valence-corrected chi connectivity index (χ1v) is 12.5. The maximum absolute atomic E-state index is 11.0. The molecule has 0 saturated heterocycles. The molecule has 2 unspecified atom stereocenters. The van der Waals surface area contributed by atoms with Gasteiger partial charge in [0.25, 0.3) is 0 Å². The maximum atomic E-state index is 11.0. The van der Waals surface area contributed by atoms with Crippen molar-refractivity contribution in [2.45, 2.75) is 32.0 Å². The number of hydrogen-bond acceptors (Lipinski definition) is 2. The molecule has 0 spiro atoms. The van der Waals surface area contributed by atoms with Gasteiger partial charge in [0.05, 0.1) is 5.92 Å². The van der Waals surface area contributed by atoms with E-state index >= 15 is 0 Å². The van der Waals surface area contributed by atoms with Crippen molar-refractivity contribution in [1.82, 2.24) is 9.97 Å². The number of benzene rings is 3. The summed E-state index contributed by atoms with van der Waals surface area (Å²) >= 11 is 0. The molecule has 0 aliphatic rings. The first-order chi connectivity index (χ1) is 17.9. The molecule has 4 N–H and O–H groups in total. The van der Waals surface area contributed by atoms with E-state index in [-0.39, 0.29) is 5.92 Å². The van der Waals surface area contributed by atoms with E-state index in [1.54, 1.807) is 0 Å². The molecule has 3 aromatic carbocycles. The van der Waals surface area contributed by atoms with Crippen molar-refractivity contribution >= 4 is 6.08 Å². The average molecular weight is 489 g/mol. The van der Waals surface area contributed by atoms with Crippen molar-refractivity contribution < 1.29 is 10.2 Å². The molecule has 0 amide bonds. The summed E-state index contributed by atoms with van der Waals surface area (Å²) < 4.78 is 0. The summed E-state index contributed by atoms with van der Waals surface area (Å²) in [7, 11) is 0. The zero-order valence-corrected chi connectivity index (χ0v) is 21.1. The highest BCUT2D eigenvalue weighted by molar-refractivity contribution is 5.50. The minimum absolute atomic E-state index is 0.142. The maximum Gasteiger partial charge on any atom is 0.119 e. The van der Waals surface area contributed by atoms with E-state index in [0.717, 1.165) is 56.2 Å². The van der Waals surface area contributed by atoms with Crippen LogP contribution in [0.5, 0.6) is 0 Å². The molecule has 4 heteroatoms. The van der Waals surface area contributed by atoms with Crippen LogP contribution in [-0.2, 0) is 0 Å². The molecule has 37 heavy (non-hydrogen) atoms. The van der Waals surface area contributed by atoms with Gasteiger partial charge >= 0.3 is 0 Å². The monoisotopic (exact) mass is 488 g/mol. The molecule has 0 bridgehead atoms. The van der Waals surface area contributed by atoms with Crippen molar-refractivity contribution in [3.8, 4) is 0 Å². The fourth-order valence-corrected chi connectivity index (χ4v) is 4.72. The smallest absolute Gasteiger partial charge is 0.119 e. The van der Waals surface area contributed by atoms with Crippen molar-refractivity contribution in [3.63, 3.8) is 0 Å². The number of aromatic amines is 2. The molecule has 186 valence electrons. The molecule has 0 saturated carbocycles. The van der Waals surface area contributed by atoms with Gasteiger partial charge in [-0.15, -0.1) is 0 Å². The molecule has 2 atom stereocenters. The van der Waals surface area contributed by atoms with E-state index in [0.29, 0.717) is 0 Å². The van der Waals surface area contributed by atoms with Crippen LogP contribution < -0.4 is 0 Å². The highest BCUT2D eigenvalue weighted by Gasteiger charge is 2.23. The molecular weight excluding hydrogens is 456 g/mol. The second kappa shape index (κ2) is 10.5. The topological polar surface area (TPSA) is 72.0 Å². The van der Waals surface area contributed by atoms with Gasteiger partial charge in [-0.05, 0) is 60.4 Å². The Kier molecular flexibility index (Phi) is 6.95. The second-order valence-corrected chi connectivity index (χ2v) is 9.67. The summed E-state index contributed by atoms with van der Waals surface area (Å²) in [5, 5.41) is 22.1. The van der Waals surface area contributed by atoms with Crippen LogP contribution in [-0.4, -0.2) is 20.2 Å². The Morgan fingerprint density at radius 1 is 0.541 bits per heavy atom. The summed E-state index contributed by atoms with van der Waals surface area (Å²) in [6.07, 6.45) is 0.329. The molecule has 4 nitrogen and oxygen atoms in total. The van der Waals surface area contributed by atoms with Gasteiger partial charge in [-0.2, -0.15) is 0 Å². The van der Waals surface area contributed by atoms with Gasteiger partial charge in [0, 0.05) is 22.8 Å². The van der Waals surface area contributed by atoms with Crippen LogP contribution >= 0.6 is 0 Å². The van der Waals surface area contributed by atoms with Crippen LogP contribution in [0.4, 0.5) is 0 Å². The fraction of sp³-hybridized carbons (Fsp3) is 0.152. The second-order valence-electron chi connectivity index (χ2n) is 9.67. The number of H-pyrrole nitrogens is 2.